The van der Waals surface area contributed by atoms with Gasteiger partial charge in [0.05, 0.1) is 18.7 Å². The zero-order valence-corrected chi connectivity index (χ0v) is 13.5. The molecule has 0 aromatic heterocycles. The normalized spacial score (nSPS) is 29.8. The number of quaternary nitrogens is 1. The number of carbonyl (C=O) groups excluding carboxylic acids is 1. The Morgan fingerprint density at radius 3 is 2.45 bits per heavy atom. The van der Waals surface area contributed by atoms with Crippen LogP contribution in [0.15, 0.2) is 30.3 Å². The highest BCUT2D eigenvalue weighted by atomic mass is 16.5. The van der Waals surface area contributed by atoms with Crippen molar-refractivity contribution in [3.63, 3.8) is 0 Å². The molecule has 0 amide bonds. The molecule has 2 aliphatic heterocycles. The molecule has 2 aliphatic rings. The number of methoxy groups -OCH3 is 1. The van der Waals surface area contributed by atoms with Crippen molar-refractivity contribution in [3.05, 3.63) is 35.9 Å². The van der Waals surface area contributed by atoms with Gasteiger partial charge in [0.1, 0.15) is 11.5 Å². The number of nitrogens with two attached hydrogens (primary N) is 1. The van der Waals surface area contributed by atoms with Gasteiger partial charge in [-0.2, -0.15) is 0 Å². The first-order valence-electron chi connectivity index (χ1n) is 8.22. The van der Waals surface area contributed by atoms with E-state index in [1.165, 1.54) is 12.8 Å². The highest BCUT2D eigenvalue weighted by molar-refractivity contribution is 5.83. The fourth-order valence-electron chi connectivity index (χ4n) is 3.90. The Labute approximate surface area is 132 Å². The third-order valence-corrected chi connectivity index (χ3v) is 5.15. The fourth-order valence-corrected chi connectivity index (χ4v) is 3.90. The summed E-state index contributed by atoms with van der Waals surface area (Å²) in [6.07, 6.45) is 4.55. The summed E-state index contributed by atoms with van der Waals surface area (Å²) >= 11 is 0. The summed E-state index contributed by atoms with van der Waals surface area (Å²) < 4.78 is 11.2. The van der Waals surface area contributed by atoms with Crippen molar-refractivity contribution in [1.29, 1.82) is 0 Å². The van der Waals surface area contributed by atoms with E-state index < -0.39 is 5.41 Å². The van der Waals surface area contributed by atoms with E-state index in [0.29, 0.717) is 18.7 Å². The average Bonchev–Trinajstić information content (AvgIpc) is 2.87. The molecule has 3 unspecified atom stereocenters. The van der Waals surface area contributed by atoms with Crippen LogP contribution in [0.1, 0.15) is 38.2 Å². The zero-order valence-electron chi connectivity index (χ0n) is 13.5. The van der Waals surface area contributed by atoms with E-state index in [2.05, 4.69) is 5.32 Å². The lowest BCUT2D eigenvalue weighted by Crippen LogP contribution is -2.93. The van der Waals surface area contributed by atoms with Crippen LogP contribution in [0.25, 0.3) is 0 Å². The molecule has 120 valence electrons. The summed E-state index contributed by atoms with van der Waals surface area (Å²) in [7, 11) is 1.63. The van der Waals surface area contributed by atoms with Crippen molar-refractivity contribution in [2.75, 3.05) is 13.7 Å². The van der Waals surface area contributed by atoms with Gasteiger partial charge < -0.3 is 14.8 Å². The van der Waals surface area contributed by atoms with Crippen LogP contribution in [-0.4, -0.2) is 37.9 Å². The first-order valence-corrected chi connectivity index (χ1v) is 8.22. The summed E-state index contributed by atoms with van der Waals surface area (Å²) in [4.78, 5) is 12.8. The fraction of sp³-hybridized carbons (Fsp3) is 0.611. The Balaban J connectivity index is 1.73. The highest BCUT2D eigenvalue weighted by Crippen LogP contribution is 2.29. The number of piperidine rings is 1. The Bertz CT molecular complexity index is 506. The Morgan fingerprint density at radius 2 is 1.86 bits per heavy atom. The van der Waals surface area contributed by atoms with Crippen molar-refractivity contribution in [1.82, 2.24) is 0 Å². The lowest BCUT2D eigenvalue weighted by molar-refractivity contribution is -0.712. The van der Waals surface area contributed by atoms with Crippen LogP contribution < -0.4 is 5.32 Å². The number of esters is 1. The summed E-state index contributed by atoms with van der Waals surface area (Å²) in [6, 6.07) is 11.1. The minimum atomic E-state index is -0.740. The average molecular weight is 304 g/mol. The van der Waals surface area contributed by atoms with Crippen LogP contribution in [0.4, 0.5) is 0 Å². The largest absolute Gasteiger partial charge is 0.461 e. The molecular weight excluding hydrogens is 278 g/mol. The Hall–Kier alpha value is -1.39. The van der Waals surface area contributed by atoms with Crippen molar-refractivity contribution in [2.45, 2.75) is 56.2 Å². The SMILES string of the molecule is COCC(C)(C(=O)OC1CC2CCC(C1)[NH2+]2)c1ccccc1. The first kappa shape index (κ1) is 15.5. The highest BCUT2D eigenvalue weighted by Gasteiger charge is 2.43. The lowest BCUT2D eigenvalue weighted by atomic mass is 9.83. The van der Waals surface area contributed by atoms with Crippen LogP contribution in [0, 0.1) is 0 Å². The van der Waals surface area contributed by atoms with Gasteiger partial charge in [-0.25, -0.2) is 0 Å². The van der Waals surface area contributed by atoms with Gasteiger partial charge in [-0.15, -0.1) is 0 Å². The molecule has 22 heavy (non-hydrogen) atoms. The van der Waals surface area contributed by atoms with E-state index in [0.717, 1.165) is 18.4 Å². The Morgan fingerprint density at radius 1 is 1.23 bits per heavy atom. The predicted octanol–water partition coefficient (Wildman–Crippen LogP) is 1.39. The molecule has 2 N–H and O–H groups in total. The molecule has 0 aliphatic carbocycles. The van der Waals surface area contributed by atoms with E-state index in [1.54, 1.807) is 7.11 Å². The number of ether oxygens (including phenoxy) is 2. The maximum absolute atomic E-state index is 12.8. The monoisotopic (exact) mass is 304 g/mol. The second kappa shape index (κ2) is 6.39. The quantitative estimate of drug-likeness (QED) is 0.837. The molecule has 0 radical (unpaired) electrons. The predicted molar refractivity (Wildman–Crippen MR) is 83.5 cm³/mol. The van der Waals surface area contributed by atoms with Gasteiger partial charge >= 0.3 is 5.97 Å². The summed E-state index contributed by atoms with van der Waals surface area (Å²) in [5.74, 6) is -0.160. The molecule has 0 spiro atoms. The molecule has 4 heteroatoms. The number of benzene rings is 1. The van der Waals surface area contributed by atoms with Gasteiger partial charge in [-0.05, 0) is 12.5 Å². The van der Waals surface area contributed by atoms with E-state index in [4.69, 9.17) is 9.47 Å². The molecule has 2 bridgehead atoms. The van der Waals surface area contributed by atoms with Crippen molar-refractivity contribution < 1.29 is 19.6 Å². The van der Waals surface area contributed by atoms with E-state index in [-0.39, 0.29) is 12.1 Å². The van der Waals surface area contributed by atoms with Crippen molar-refractivity contribution >= 4 is 5.97 Å². The topological polar surface area (TPSA) is 52.1 Å². The molecule has 0 saturated carbocycles. The van der Waals surface area contributed by atoms with Crippen molar-refractivity contribution in [2.24, 2.45) is 0 Å². The van der Waals surface area contributed by atoms with Crippen LogP contribution in [0.3, 0.4) is 0 Å². The van der Waals surface area contributed by atoms with E-state index in [1.807, 2.05) is 37.3 Å². The number of hydrogen-bond acceptors (Lipinski definition) is 3. The second-order valence-electron chi connectivity index (χ2n) is 6.92. The molecule has 1 aromatic carbocycles. The first-order chi connectivity index (χ1) is 10.6. The Kier molecular flexibility index (Phi) is 4.50. The zero-order chi connectivity index (χ0) is 15.6. The van der Waals surface area contributed by atoms with Gasteiger partial charge in [-0.3, -0.25) is 4.79 Å². The molecule has 2 heterocycles. The summed E-state index contributed by atoms with van der Waals surface area (Å²) in [5, 5.41) is 2.45. The molecule has 2 saturated heterocycles. The van der Waals surface area contributed by atoms with Gasteiger partial charge in [0.25, 0.3) is 0 Å². The lowest BCUT2D eigenvalue weighted by Gasteiger charge is -2.32. The van der Waals surface area contributed by atoms with Crippen molar-refractivity contribution in [3.8, 4) is 0 Å². The maximum Gasteiger partial charge on any atom is 0.318 e. The minimum Gasteiger partial charge on any atom is -0.461 e. The summed E-state index contributed by atoms with van der Waals surface area (Å²) in [6.45, 7) is 2.25. The third kappa shape index (κ3) is 3.03. The van der Waals surface area contributed by atoms with Gasteiger partial charge in [0.2, 0.25) is 0 Å². The van der Waals surface area contributed by atoms with Gasteiger partial charge in [0, 0.05) is 32.8 Å². The standard InChI is InChI=1S/C18H25NO3/c1-18(12-21-2,13-6-4-3-5-7-13)17(20)22-16-10-14-8-9-15(11-16)19-14/h3-7,14-16,19H,8-12H2,1-2H3/p+1. The van der Waals surface area contributed by atoms with Crippen LogP contribution >= 0.6 is 0 Å². The van der Waals surface area contributed by atoms with Gasteiger partial charge in [-0.1, -0.05) is 30.3 Å². The molecule has 3 atom stereocenters. The minimum absolute atomic E-state index is 0.0647. The number of rotatable bonds is 5. The number of carbonyl (C=O) groups is 1. The van der Waals surface area contributed by atoms with Crippen LogP contribution in [0.2, 0.25) is 0 Å². The molecule has 2 fully saturated rings. The third-order valence-electron chi connectivity index (χ3n) is 5.15. The molecule has 4 nitrogen and oxygen atoms in total. The van der Waals surface area contributed by atoms with E-state index >= 15 is 0 Å². The maximum atomic E-state index is 12.8. The smallest absolute Gasteiger partial charge is 0.318 e. The van der Waals surface area contributed by atoms with E-state index in [9.17, 15) is 4.79 Å². The second-order valence-corrected chi connectivity index (χ2v) is 6.92. The molecular formula is C18H26NO3+. The summed E-state index contributed by atoms with van der Waals surface area (Å²) in [5.41, 5.74) is 0.211. The molecule has 1 aromatic rings. The number of hydrogen-bond donors (Lipinski definition) is 1. The van der Waals surface area contributed by atoms with Crippen LogP contribution in [0.5, 0.6) is 0 Å². The molecule has 3 rings (SSSR count). The number of fused-ring (bicyclic) bond motifs is 2. The van der Waals surface area contributed by atoms with Crippen LogP contribution in [-0.2, 0) is 19.7 Å². The van der Waals surface area contributed by atoms with Gasteiger partial charge in [0.15, 0.2) is 0 Å².